The highest BCUT2D eigenvalue weighted by molar-refractivity contribution is 7.30. The van der Waals surface area contributed by atoms with Crippen LogP contribution in [0.3, 0.4) is 0 Å². The number of anilines is 2. The number of nitrogens with two attached hydrogens (primary N) is 1. The third-order valence-corrected chi connectivity index (χ3v) is 11.7. The molecule has 9 rings (SSSR count). The molecule has 2 aromatic heterocycles. The second kappa shape index (κ2) is 13.0. The highest BCUT2D eigenvalue weighted by Gasteiger charge is 2.26. The van der Waals surface area contributed by atoms with Gasteiger partial charge in [-0.3, -0.25) is 4.99 Å². The number of aliphatic imine (C=N–C) groups is 2. The van der Waals surface area contributed by atoms with Gasteiger partial charge >= 0.3 is 0 Å². The number of amidine groups is 1. The van der Waals surface area contributed by atoms with Crippen molar-refractivity contribution in [2.45, 2.75) is 6.17 Å². The second-order valence-electron chi connectivity index (χ2n) is 12.5. The summed E-state index contributed by atoms with van der Waals surface area (Å²) in [6.07, 6.45) is 9.89. The Balaban J connectivity index is 1.17. The van der Waals surface area contributed by atoms with Gasteiger partial charge in [0.2, 0.25) is 0 Å². The van der Waals surface area contributed by atoms with Gasteiger partial charge < -0.3 is 10.6 Å². The van der Waals surface area contributed by atoms with Crippen LogP contribution in [0, 0.1) is 0 Å². The standard InChI is InChI=1S/C45H32N4S2/c1-29-14-12-13-27-49(41-38(29)39-34-19-8-10-21-36(34)50-42(39)40-35-20-9-11-22-37(35)51-43(40)41)33-25-23-30(24-26-33)28-47-45(32-17-6-3-7-18-32)48-44(46)31-15-4-2-5-16-31/h2-28,45H,1H2,(H2,46,48)/b14-12-,27-13-,47-28?. The molecule has 1 unspecified atom stereocenters. The Bertz CT molecular complexity index is 2720. The van der Waals surface area contributed by atoms with Crippen LogP contribution >= 0.6 is 22.7 Å². The summed E-state index contributed by atoms with van der Waals surface area (Å²) in [5.74, 6) is 0.454. The van der Waals surface area contributed by atoms with Crippen LogP contribution in [0.1, 0.15) is 28.4 Å². The third-order valence-electron chi connectivity index (χ3n) is 9.29. The van der Waals surface area contributed by atoms with E-state index in [1.807, 2.05) is 89.6 Å². The van der Waals surface area contributed by atoms with Crippen molar-refractivity contribution >= 4 is 92.0 Å². The molecule has 2 N–H and O–H groups in total. The van der Waals surface area contributed by atoms with Crippen molar-refractivity contribution in [2.75, 3.05) is 4.90 Å². The molecule has 51 heavy (non-hydrogen) atoms. The van der Waals surface area contributed by atoms with Gasteiger partial charge in [0, 0.05) is 64.9 Å². The normalized spacial score (nSPS) is 15.4. The number of benzene rings is 6. The topological polar surface area (TPSA) is 54.0 Å². The molecule has 6 heteroatoms. The molecule has 1 atom stereocenters. The zero-order valence-corrected chi connectivity index (χ0v) is 29.2. The number of thiophene rings is 2. The lowest BCUT2D eigenvalue weighted by molar-refractivity contribution is 0.781. The fourth-order valence-corrected chi connectivity index (χ4v) is 9.47. The Hall–Kier alpha value is -6.08. The highest BCUT2D eigenvalue weighted by atomic mass is 32.1. The Morgan fingerprint density at radius 2 is 1.31 bits per heavy atom. The maximum atomic E-state index is 6.45. The van der Waals surface area contributed by atoms with E-state index in [1.165, 1.54) is 45.9 Å². The van der Waals surface area contributed by atoms with Gasteiger partial charge in [0.15, 0.2) is 6.17 Å². The van der Waals surface area contributed by atoms with Crippen molar-refractivity contribution in [2.24, 2.45) is 15.7 Å². The van der Waals surface area contributed by atoms with E-state index < -0.39 is 6.17 Å². The zero-order chi connectivity index (χ0) is 34.3. The van der Waals surface area contributed by atoms with Crippen LogP contribution in [0.5, 0.6) is 0 Å². The molecule has 0 amide bonds. The minimum absolute atomic E-state index is 0.454. The van der Waals surface area contributed by atoms with Crippen molar-refractivity contribution in [1.82, 2.24) is 0 Å². The van der Waals surface area contributed by atoms with Crippen LogP contribution in [0.2, 0.25) is 0 Å². The van der Waals surface area contributed by atoms with Crippen LogP contribution in [0.25, 0.3) is 45.9 Å². The van der Waals surface area contributed by atoms with Gasteiger partial charge in [-0.2, -0.15) is 0 Å². The molecule has 6 aromatic carbocycles. The Kier molecular flexibility index (Phi) is 7.88. The molecule has 3 heterocycles. The van der Waals surface area contributed by atoms with Gasteiger partial charge in [0.25, 0.3) is 0 Å². The predicted molar refractivity (Wildman–Crippen MR) is 222 cm³/mol. The molecule has 1 aliphatic rings. The lowest BCUT2D eigenvalue weighted by Gasteiger charge is -2.27. The first-order chi connectivity index (χ1) is 25.1. The van der Waals surface area contributed by atoms with E-state index in [1.54, 1.807) is 0 Å². The Morgan fingerprint density at radius 1 is 0.686 bits per heavy atom. The third kappa shape index (κ3) is 5.55. The molecule has 0 spiro atoms. The Morgan fingerprint density at radius 3 is 2.04 bits per heavy atom. The number of rotatable bonds is 6. The average molecular weight is 693 g/mol. The predicted octanol–water partition coefficient (Wildman–Crippen LogP) is 12.2. The monoisotopic (exact) mass is 692 g/mol. The summed E-state index contributed by atoms with van der Waals surface area (Å²) in [4.78, 5) is 12.1. The summed E-state index contributed by atoms with van der Waals surface area (Å²) in [5.41, 5.74) is 13.7. The highest BCUT2D eigenvalue weighted by Crippen LogP contribution is 2.54. The summed E-state index contributed by atoms with van der Waals surface area (Å²) in [6, 6.07) is 46.0. The maximum absolute atomic E-state index is 6.45. The van der Waals surface area contributed by atoms with Crippen LogP contribution in [0.4, 0.5) is 11.4 Å². The van der Waals surface area contributed by atoms with Gasteiger partial charge in [0.1, 0.15) is 5.84 Å². The van der Waals surface area contributed by atoms with Crippen molar-refractivity contribution in [1.29, 1.82) is 0 Å². The largest absolute Gasteiger partial charge is 0.383 e. The SMILES string of the molecule is C=C1/C=C\C=C/N(c2ccc(C=NC(N=C(N)c3ccccc3)c3ccccc3)cc2)c2c1c1c3ccccc3sc1c1c2sc2ccccc21. The van der Waals surface area contributed by atoms with Crippen molar-refractivity contribution in [3.05, 3.63) is 187 Å². The molecule has 8 aromatic rings. The number of fused-ring (bicyclic) bond motifs is 10. The smallest absolute Gasteiger partial charge is 0.167 e. The van der Waals surface area contributed by atoms with Gasteiger partial charge in [-0.1, -0.05) is 128 Å². The molecule has 4 nitrogen and oxygen atoms in total. The number of nitrogens with zero attached hydrogens (tertiary/aromatic N) is 3. The molecule has 0 radical (unpaired) electrons. The first-order valence-corrected chi connectivity index (χ1v) is 18.5. The van der Waals surface area contributed by atoms with Crippen LogP contribution in [-0.4, -0.2) is 12.1 Å². The Labute approximate surface area is 304 Å². The average Bonchev–Trinajstić information content (AvgIpc) is 3.75. The van der Waals surface area contributed by atoms with E-state index in [0.717, 1.165) is 33.6 Å². The molecular formula is C45H32N4S2. The second-order valence-corrected chi connectivity index (χ2v) is 14.6. The summed E-state index contributed by atoms with van der Waals surface area (Å²) >= 11 is 3.73. The van der Waals surface area contributed by atoms with Crippen molar-refractivity contribution in [3.63, 3.8) is 0 Å². The first kappa shape index (κ1) is 30.9. The summed E-state index contributed by atoms with van der Waals surface area (Å²) in [7, 11) is 0. The van der Waals surface area contributed by atoms with Gasteiger partial charge in [-0.25, -0.2) is 4.99 Å². The van der Waals surface area contributed by atoms with Crippen LogP contribution in [-0.2, 0) is 0 Å². The summed E-state index contributed by atoms with van der Waals surface area (Å²) in [5, 5.41) is 5.13. The van der Waals surface area contributed by atoms with E-state index >= 15 is 0 Å². The van der Waals surface area contributed by atoms with Crippen LogP contribution in [0.15, 0.2) is 174 Å². The molecular weight excluding hydrogens is 661 g/mol. The minimum Gasteiger partial charge on any atom is -0.383 e. The first-order valence-electron chi connectivity index (χ1n) is 16.8. The molecule has 244 valence electrons. The van der Waals surface area contributed by atoms with E-state index in [9.17, 15) is 0 Å². The minimum atomic E-state index is -0.475. The van der Waals surface area contributed by atoms with Crippen LogP contribution < -0.4 is 10.6 Å². The molecule has 1 aliphatic heterocycles. The quantitative estimate of drug-likeness (QED) is 0.139. The van der Waals surface area contributed by atoms with E-state index in [2.05, 4.69) is 109 Å². The molecule has 0 bridgehead atoms. The fraction of sp³-hybridized carbons (Fsp3) is 0.0222. The molecule has 0 saturated heterocycles. The van der Waals surface area contributed by atoms with E-state index in [0.29, 0.717) is 5.84 Å². The van der Waals surface area contributed by atoms with Gasteiger partial charge in [0.05, 0.1) is 10.4 Å². The number of allylic oxidation sites excluding steroid dienone is 4. The summed E-state index contributed by atoms with van der Waals surface area (Å²) < 4.78 is 5.14. The van der Waals surface area contributed by atoms with E-state index in [-0.39, 0.29) is 0 Å². The maximum Gasteiger partial charge on any atom is 0.167 e. The van der Waals surface area contributed by atoms with E-state index in [4.69, 9.17) is 15.7 Å². The molecule has 0 aliphatic carbocycles. The lowest BCUT2D eigenvalue weighted by Crippen LogP contribution is -2.14. The van der Waals surface area contributed by atoms with Crippen molar-refractivity contribution in [3.8, 4) is 0 Å². The number of hydrogen-bond donors (Lipinski definition) is 1. The van der Waals surface area contributed by atoms with Crippen molar-refractivity contribution < 1.29 is 0 Å². The van der Waals surface area contributed by atoms with Gasteiger partial charge in [-0.15, -0.1) is 22.7 Å². The lowest BCUT2D eigenvalue weighted by atomic mass is 9.94. The zero-order valence-electron chi connectivity index (χ0n) is 27.6. The fourth-order valence-electron chi connectivity index (χ4n) is 6.87. The molecule has 0 saturated carbocycles. The van der Waals surface area contributed by atoms with Gasteiger partial charge in [-0.05, 0) is 47.0 Å². The summed E-state index contributed by atoms with van der Waals surface area (Å²) in [6.45, 7) is 4.63. The number of hydrogen-bond acceptors (Lipinski definition) is 5. The molecule has 0 fully saturated rings.